The Morgan fingerprint density at radius 1 is 1.35 bits per heavy atom. The zero-order valence-corrected chi connectivity index (χ0v) is 15.2. The monoisotopic (exact) mass is 359 g/mol. The van der Waals surface area contributed by atoms with E-state index in [0.717, 1.165) is 24.9 Å². The molecule has 0 saturated heterocycles. The van der Waals surface area contributed by atoms with Crippen LogP contribution in [-0.2, 0) is 16.0 Å². The molecule has 128 valence electrons. The lowest BCUT2D eigenvalue weighted by Crippen LogP contribution is -2.41. The van der Waals surface area contributed by atoms with Crippen molar-refractivity contribution < 1.29 is 9.53 Å². The predicted octanol–water partition coefficient (Wildman–Crippen LogP) is 2.90. The van der Waals surface area contributed by atoms with Gasteiger partial charge in [0, 0.05) is 30.2 Å². The highest BCUT2D eigenvalue weighted by Gasteiger charge is 2.13. The first-order valence-electron chi connectivity index (χ1n) is 7.44. The highest BCUT2D eigenvalue weighted by molar-refractivity contribution is 6.35. The van der Waals surface area contributed by atoms with Crippen LogP contribution in [0.5, 0.6) is 0 Å². The number of nitrogens with zero attached hydrogens (tertiary/aromatic N) is 1. The van der Waals surface area contributed by atoms with Gasteiger partial charge in [-0.15, -0.1) is 0 Å². The van der Waals surface area contributed by atoms with Gasteiger partial charge in [0.25, 0.3) is 0 Å². The van der Waals surface area contributed by atoms with E-state index in [9.17, 15) is 4.79 Å². The van der Waals surface area contributed by atoms with Crippen LogP contribution >= 0.6 is 23.2 Å². The smallest absolute Gasteiger partial charge is 0.310 e. The summed E-state index contributed by atoms with van der Waals surface area (Å²) in [4.78, 5) is 15.5. The van der Waals surface area contributed by atoms with Crippen molar-refractivity contribution in [2.75, 3.05) is 27.2 Å². The summed E-state index contributed by atoms with van der Waals surface area (Å²) in [7, 11) is 3.07. The van der Waals surface area contributed by atoms with Crippen LogP contribution in [0.3, 0.4) is 0 Å². The molecule has 0 aromatic heterocycles. The molecule has 1 rings (SSSR count). The van der Waals surface area contributed by atoms with Crippen LogP contribution in [0.2, 0.25) is 10.0 Å². The number of carbonyl (C=O) groups is 1. The van der Waals surface area contributed by atoms with Crippen molar-refractivity contribution in [3.63, 3.8) is 0 Å². The molecule has 0 aliphatic carbocycles. The Kier molecular flexibility index (Phi) is 8.81. The standard InChI is InChI=1S/C16H23Cl2N3O2/c1-11(15(22)23-3)10-21-16(19-2)20-8-4-5-12-6-7-13(17)9-14(12)18/h6-7,9,11H,4-5,8,10H2,1-3H3,(H2,19,20,21). The number of hydrogen-bond acceptors (Lipinski definition) is 3. The van der Waals surface area contributed by atoms with Crippen LogP contribution in [0.25, 0.3) is 0 Å². The molecule has 1 aromatic carbocycles. The van der Waals surface area contributed by atoms with E-state index in [-0.39, 0.29) is 11.9 Å². The van der Waals surface area contributed by atoms with Crippen LogP contribution in [0, 0.1) is 5.92 Å². The summed E-state index contributed by atoms with van der Waals surface area (Å²) < 4.78 is 4.68. The average molecular weight is 360 g/mol. The lowest BCUT2D eigenvalue weighted by atomic mass is 10.1. The maximum atomic E-state index is 11.3. The molecule has 7 heteroatoms. The van der Waals surface area contributed by atoms with Gasteiger partial charge in [-0.05, 0) is 30.5 Å². The Bertz CT molecular complexity index is 550. The molecule has 0 aliphatic heterocycles. The fourth-order valence-electron chi connectivity index (χ4n) is 1.96. The summed E-state index contributed by atoms with van der Waals surface area (Å²) in [6.45, 7) is 3.01. The van der Waals surface area contributed by atoms with E-state index in [1.54, 1.807) is 20.0 Å². The van der Waals surface area contributed by atoms with Crippen LogP contribution in [0.15, 0.2) is 23.2 Å². The minimum absolute atomic E-state index is 0.230. The molecule has 1 atom stereocenters. The number of esters is 1. The van der Waals surface area contributed by atoms with Crippen molar-refractivity contribution in [1.29, 1.82) is 0 Å². The Hall–Kier alpha value is -1.46. The lowest BCUT2D eigenvalue weighted by Gasteiger charge is -2.14. The Morgan fingerprint density at radius 3 is 2.70 bits per heavy atom. The Morgan fingerprint density at radius 2 is 2.09 bits per heavy atom. The van der Waals surface area contributed by atoms with E-state index in [1.165, 1.54) is 7.11 Å². The number of aryl methyl sites for hydroxylation is 1. The highest BCUT2D eigenvalue weighted by atomic mass is 35.5. The van der Waals surface area contributed by atoms with E-state index >= 15 is 0 Å². The minimum Gasteiger partial charge on any atom is -0.469 e. The molecular formula is C16H23Cl2N3O2. The minimum atomic E-state index is -0.245. The van der Waals surface area contributed by atoms with Gasteiger partial charge in [0.2, 0.25) is 0 Å². The highest BCUT2D eigenvalue weighted by Crippen LogP contribution is 2.21. The molecule has 0 aliphatic rings. The number of rotatable bonds is 7. The van der Waals surface area contributed by atoms with Gasteiger partial charge in [0.15, 0.2) is 5.96 Å². The summed E-state index contributed by atoms with van der Waals surface area (Å²) >= 11 is 12.0. The van der Waals surface area contributed by atoms with Gasteiger partial charge >= 0.3 is 5.97 Å². The van der Waals surface area contributed by atoms with Gasteiger partial charge in [0.1, 0.15) is 0 Å². The number of benzene rings is 1. The van der Waals surface area contributed by atoms with Crippen molar-refractivity contribution in [2.45, 2.75) is 19.8 Å². The molecular weight excluding hydrogens is 337 g/mol. The quantitative estimate of drug-likeness (QED) is 0.340. The van der Waals surface area contributed by atoms with E-state index in [2.05, 4.69) is 20.4 Å². The summed E-state index contributed by atoms with van der Waals surface area (Å²) in [5.74, 6) is 0.180. The maximum absolute atomic E-state index is 11.3. The number of guanidine groups is 1. The van der Waals surface area contributed by atoms with Crippen LogP contribution in [0.4, 0.5) is 0 Å². The summed E-state index contributed by atoms with van der Waals surface area (Å²) in [5, 5.41) is 7.62. The summed E-state index contributed by atoms with van der Waals surface area (Å²) in [5.41, 5.74) is 1.07. The van der Waals surface area contributed by atoms with E-state index in [4.69, 9.17) is 23.2 Å². The van der Waals surface area contributed by atoms with Crippen molar-refractivity contribution in [3.05, 3.63) is 33.8 Å². The summed E-state index contributed by atoms with van der Waals surface area (Å²) in [6.07, 6.45) is 1.74. The number of hydrogen-bond donors (Lipinski definition) is 2. The fraction of sp³-hybridized carbons (Fsp3) is 0.500. The third kappa shape index (κ3) is 7.10. The van der Waals surface area contributed by atoms with Gasteiger partial charge in [-0.3, -0.25) is 9.79 Å². The van der Waals surface area contributed by atoms with Crippen LogP contribution in [-0.4, -0.2) is 39.2 Å². The SMILES string of the molecule is CN=C(NCCCc1ccc(Cl)cc1Cl)NCC(C)C(=O)OC. The van der Waals surface area contributed by atoms with Crippen LogP contribution < -0.4 is 10.6 Å². The molecule has 0 fully saturated rings. The molecule has 2 N–H and O–H groups in total. The van der Waals surface area contributed by atoms with Gasteiger partial charge in [-0.1, -0.05) is 36.2 Å². The molecule has 0 radical (unpaired) electrons. The van der Waals surface area contributed by atoms with Crippen molar-refractivity contribution in [1.82, 2.24) is 10.6 Å². The third-order valence-corrected chi connectivity index (χ3v) is 3.92. The number of nitrogens with one attached hydrogen (secondary N) is 2. The molecule has 1 aromatic rings. The van der Waals surface area contributed by atoms with E-state index in [0.29, 0.717) is 22.5 Å². The second-order valence-electron chi connectivity index (χ2n) is 5.14. The first-order valence-corrected chi connectivity index (χ1v) is 8.19. The van der Waals surface area contributed by atoms with Crippen molar-refractivity contribution in [2.24, 2.45) is 10.9 Å². The Labute approximate surface area is 147 Å². The largest absolute Gasteiger partial charge is 0.469 e. The molecule has 0 heterocycles. The maximum Gasteiger partial charge on any atom is 0.310 e. The van der Waals surface area contributed by atoms with Gasteiger partial charge in [-0.2, -0.15) is 0 Å². The van der Waals surface area contributed by atoms with E-state index < -0.39 is 0 Å². The van der Waals surface area contributed by atoms with E-state index in [1.807, 2.05) is 12.1 Å². The van der Waals surface area contributed by atoms with Gasteiger partial charge < -0.3 is 15.4 Å². The topological polar surface area (TPSA) is 62.7 Å². The first-order chi connectivity index (χ1) is 11.0. The Balaban J connectivity index is 2.31. The lowest BCUT2D eigenvalue weighted by molar-refractivity contribution is -0.144. The molecule has 1 unspecified atom stereocenters. The fourth-order valence-corrected chi connectivity index (χ4v) is 2.47. The normalized spacial score (nSPS) is 12.7. The third-order valence-electron chi connectivity index (χ3n) is 3.33. The van der Waals surface area contributed by atoms with Gasteiger partial charge in [0.05, 0.1) is 13.0 Å². The van der Waals surface area contributed by atoms with Crippen molar-refractivity contribution >= 4 is 35.1 Å². The van der Waals surface area contributed by atoms with Crippen molar-refractivity contribution in [3.8, 4) is 0 Å². The van der Waals surface area contributed by atoms with Gasteiger partial charge in [-0.25, -0.2) is 0 Å². The second-order valence-corrected chi connectivity index (χ2v) is 5.99. The first kappa shape index (κ1) is 19.6. The summed E-state index contributed by atoms with van der Waals surface area (Å²) in [6, 6.07) is 5.53. The average Bonchev–Trinajstić information content (AvgIpc) is 2.54. The number of aliphatic imine (C=N–C) groups is 1. The van der Waals surface area contributed by atoms with Crippen LogP contribution in [0.1, 0.15) is 18.9 Å². The molecule has 0 bridgehead atoms. The number of halogens is 2. The predicted molar refractivity (Wildman–Crippen MR) is 95.3 cm³/mol. The molecule has 0 amide bonds. The molecule has 5 nitrogen and oxygen atoms in total. The number of methoxy groups -OCH3 is 1. The molecule has 23 heavy (non-hydrogen) atoms. The molecule has 0 saturated carbocycles. The number of carbonyl (C=O) groups excluding carboxylic acids is 1. The zero-order valence-electron chi connectivity index (χ0n) is 13.7. The number of ether oxygens (including phenoxy) is 1. The molecule has 0 spiro atoms. The second kappa shape index (κ2) is 10.3. The zero-order chi connectivity index (χ0) is 17.2.